The van der Waals surface area contributed by atoms with Crippen LogP contribution in [-0.4, -0.2) is 21.1 Å². The van der Waals surface area contributed by atoms with E-state index in [1.165, 1.54) is 0 Å². The molecule has 108 valence electrons. The number of carbonyl (C=O) groups is 2. The summed E-state index contributed by atoms with van der Waals surface area (Å²) in [5.41, 5.74) is 4.83. The first-order valence-corrected chi connectivity index (χ1v) is 6.33. The van der Waals surface area contributed by atoms with Crippen molar-refractivity contribution >= 4 is 28.2 Å². The Morgan fingerprint density at radius 2 is 2.29 bits per heavy atom. The Morgan fingerprint density at radius 3 is 3.00 bits per heavy atom. The second kappa shape index (κ2) is 4.80. The van der Waals surface area contributed by atoms with Crippen molar-refractivity contribution < 1.29 is 15.1 Å². The molecule has 1 fully saturated rings. The molecular formula is C15H15N3O3. The summed E-state index contributed by atoms with van der Waals surface area (Å²) in [6.45, 7) is -0.447. The average molecular weight is 289 g/mol. The number of hydrogen-bond acceptors (Lipinski definition) is 5. The number of anilines is 1. The fourth-order valence-electron chi connectivity index (χ4n) is 2.46. The third-order valence-corrected chi connectivity index (χ3v) is 3.44. The summed E-state index contributed by atoms with van der Waals surface area (Å²) in [6.07, 6.45) is -1.71. The molecule has 6 heteroatoms. The van der Waals surface area contributed by atoms with Crippen molar-refractivity contribution in [2.75, 3.05) is 5.73 Å². The molecule has 2 atom stereocenters. The van der Waals surface area contributed by atoms with Gasteiger partial charge >= 0.3 is 0 Å². The molecule has 0 aliphatic heterocycles. The van der Waals surface area contributed by atoms with Gasteiger partial charge < -0.3 is 5.73 Å². The largest absolute Gasteiger partial charge is 0.398 e. The van der Waals surface area contributed by atoms with Crippen LogP contribution in [0.1, 0.15) is 36.6 Å². The zero-order valence-corrected chi connectivity index (χ0v) is 11.0. The van der Waals surface area contributed by atoms with E-state index in [1.807, 2.05) is 0 Å². The number of ketones is 2. The zero-order valence-electron chi connectivity index (χ0n) is 15.0. The van der Waals surface area contributed by atoms with E-state index in [9.17, 15) is 14.4 Å². The lowest BCUT2D eigenvalue weighted by molar-refractivity contribution is -0.132. The fraction of sp³-hybridized carbons (Fsp3) is 0.333. The van der Waals surface area contributed by atoms with Crippen LogP contribution in [0.15, 0.2) is 22.9 Å². The van der Waals surface area contributed by atoms with Gasteiger partial charge in [-0.1, -0.05) is 6.07 Å². The van der Waals surface area contributed by atoms with Crippen LogP contribution in [0, 0.1) is 6.90 Å². The first-order chi connectivity index (χ1) is 11.8. The number of carbonyl (C=O) groups excluding carboxylic acids is 2. The van der Waals surface area contributed by atoms with Crippen LogP contribution in [-0.2, 0) is 9.59 Å². The predicted molar refractivity (Wildman–Crippen MR) is 78.1 cm³/mol. The lowest BCUT2D eigenvalue weighted by Crippen LogP contribution is -2.36. The number of nitrogens with zero attached hydrogens (tertiary/aromatic N) is 2. The highest BCUT2D eigenvalue weighted by Gasteiger charge is 2.30. The number of aryl methyl sites for hydroxylation is 1. The van der Waals surface area contributed by atoms with Crippen molar-refractivity contribution in [2.24, 2.45) is 0 Å². The van der Waals surface area contributed by atoms with E-state index >= 15 is 0 Å². The molecular weight excluding hydrogens is 270 g/mol. The van der Waals surface area contributed by atoms with Crippen molar-refractivity contribution in [3.8, 4) is 0 Å². The van der Waals surface area contributed by atoms with Crippen LogP contribution in [0.3, 0.4) is 0 Å². The molecule has 1 aromatic carbocycles. The molecule has 1 aliphatic carbocycles. The van der Waals surface area contributed by atoms with Gasteiger partial charge in [0.05, 0.1) is 26.1 Å². The summed E-state index contributed by atoms with van der Waals surface area (Å²) in [5.74, 6) is -1.02. The van der Waals surface area contributed by atoms with Gasteiger partial charge in [-0.25, -0.2) is 4.98 Å². The second-order valence-electron chi connectivity index (χ2n) is 4.84. The summed E-state index contributed by atoms with van der Waals surface area (Å²) in [7, 11) is 0. The van der Waals surface area contributed by atoms with Gasteiger partial charge in [-0.05, 0) is 25.4 Å². The van der Waals surface area contributed by atoms with Gasteiger partial charge in [0.15, 0.2) is 5.78 Å². The van der Waals surface area contributed by atoms with Gasteiger partial charge in [-0.3, -0.25) is 19.0 Å². The molecule has 0 spiro atoms. The number of fused-ring (bicyclic) bond motifs is 1. The van der Waals surface area contributed by atoms with Crippen molar-refractivity contribution in [1.29, 1.82) is 0 Å². The number of hydrogen-bond donors (Lipinski definition) is 1. The lowest BCUT2D eigenvalue weighted by Gasteiger charge is -2.24. The monoisotopic (exact) mass is 289 g/mol. The predicted octanol–water partition coefficient (Wildman–Crippen LogP) is 1.15. The van der Waals surface area contributed by atoms with Crippen molar-refractivity contribution in [3.05, 3.63) is 34.3 Å². The number of aromatic nitrogens is 2. The number of nitrogens with two attached hydrogens (primary N) is 1. The molecule has 21 heavy (non-hydrogen) atoms. The van der Waals surface area contributed by atoms with E-state index in [0.717, 1.165) is 10.6 Å². The minimum absolute atomic E-state index is 0.0436. The highest BCUT2D eigenvalue weighted by Crippen LogP contribution is 2.24. The Hall–Kier alpha value is -2.50. The van der Waals surface area contributed by atoms with Crippen LogP contribution in [0.4, 0.5) is 5.69 Å². The Balaban J connectivity index is 2.37. The highest BCUT2D eigenvalue weighted by atomic mass is 16.2. The third kappa shape index (κ3) is 2.12. The third-order valence-electron chi connectivity index (χ3n) is 3.44. The van der Waals surface area contributed by atoms with Crippen molar-refractivity contribution in [3.63, 3.8) is 0 Å². The van der Waals surface area contributed by atoms with Gasteiger partial charge in [-0.15, -0.1) is 0 Å². The summed E-state index contributed by atoms with van der Waals surface area (Å²) in [5, 5.41) is -0.174. The van der Waals surface area contributed by atoms with E-state index in [0.29, 0.717) is 0 Å². The zero-order chi connectivity index (χ0) is 18.5. The summed E-state index contributed by atoms with van der Waals surface area (Å²) < 4.78 is 32.3. The van der Waals surface area contributed by atoms with Crippen LogP contribution in [0.25, 0.3) is 10.9 Å². The molecule has 3 rings (SSSR count). The van der Waals surface area contributed by atoms with Gasteiger partial charge in [0.25, 0.3) is 5.56 Å². The van der Waals surface area contributed by atoms with Gasteiger partial charge in [0.2, 0.25) is 0 Å². The molecule has 0 saturated heterocycles. The summed E-state index contributed by atoms with van der Waals surface area (Å²) in [4.78, 5) is 40.9. The Kier molecular flexibility index (Phi) is 2.16. The van der Waals surface area contributed by atoms with Gasteiger partial charge in [-0.2, -0.15) is 0 Å². The quantitative estimate of drug-likeness (QED) is 0.627. The molecule has 0 bridgehead atoms. The first kappa shape index (κ1) is 9.44. The Labute approximate surface area is 126 Å². The molecule has 0 radical (unpaired) electrons. The molecule has 1 heterocycles. The van der Waals surface area contributed by atoms with Gasteiger partial charge in [0, 0.05) is 14.8 Å². The molecule has 6 nitrogen and oxygen atoms in total. The topological polar surface area (TPSA) is 95.0 Å². The molecule has 2 aromatic rings. The Bertz CT molecular complexity index is 973. The SMILES string of the molecule is [2H]Cc1nc2c([2H])cc([2H])c(N)c2c(=O)n1C1C(=O)CC(=O)CC1[2H]. The molecule has 1 saturated carbocycles. The fourth-order valence-corrected chi connectivity index (χ4v) is 2.46. The molecule has 0 amide bonds. The summed E-state index contributed by atoms with van der Waals surface area (Å²) in [6, 6.07) is -0.472. The van der Waals surface area contributed by atoms with Crippen LogP contribution in [0.2, 0.25) is 0 Å². The minimum atomic E-state index is -1.23. The highest BCUT2D eigenvalue weighted by molar-refractivity contribution is 6.03. The maximum atomic E-state index is 13.0. The lowest BCUT2D eigenvalue weighted by atomic mass is 9.92. The Morgan fingerprint density at radius 1 is 1.48 bits per heavy atom. The number of benzene rings is 1. The first-order valence-electron chi connectivity index (χ1n) is 8.61. The number of Topliss-reactive ketones (excluding diaryl/α,β-unsaturated/α-hetero) is 2. The van der Waals surface area contributed by atoms with Crippen LogP contribution >= 0.6 is 0 Å². The maximum Gasteiger partial charge on any atom is 0.264 e. The standard InChI is InChI=1S/C15H15N3O3/c1-8-17-11-4-2-3-10(16)14(11)15(21)18(8)12-6-5-9(19)7-13(12)20/h2-4,12H,5-7,16H2,1H3/i1D,3D,4D,6D. The molecule has 2 unspecified atom stereocenters. The molecule has 1 aliphatic rings. The minimum Gasteiger partial charge on any atom is -0.398 e. The number of rotatable bonds is 1. The van der Waals surface area contributed by atoms with E-state index < -0.39 is 30.7 Å². The second-order valence-corrected chi connectivity index (χ2v) is 4.84. The smallest absolute Gasteiger partial charge is 0.264 e. The normalized spacial score (nSPS) is 25.3. The molecule has 1 aromatic heterocycles. The van der Waals surface area contributed by atoms with E-state index in [4.69, 9.17) is 11.2 Å². The maximum absolute atomic E-state index is 13.0. The van der Waals surface area contributed by atoms with E-state index in [2.05, 4.69) is 4.98 Å². The van der Waals surface area contributed by atoms with Crippen molar-refractivity contribution in [1.82, 2.24) is 9.55 Å². The van der Waals surface area contributed by atoms with E-state index in [-0.39, 0.29) is 53.1 Å². The van der Waals surface area contributed by atoms with Crippen LogP contribution < -0.4 is 11.3 Å². The molecule has 2 N–H and O–H groups in total. The van der Waals surface area contributed by atoms with E-state index in [1.54, 1.807) is 0 Å². The van der Waals surface area contributed by atoms with Crippen molar-refractivity contribution in [2.45, 2.75) is 32.2 Å². The van der Waals surface area contributed by atoms with Crippen LogP contribution in [0.5, 0.6) is 0 Å². The average Bonchev–Trinajstić information content (AvgIpc) is 2.52. The summed E-state index contributed by atoms with van der Waals surface area (Å²) >= 11 is 0. The van der Waals surface area contributed by atoms with Gasteiger partial charge in [0.1, 0.15) is 11.6 Å². The number of nitrogen functional groups attached to an aromatic ring is 1.